The number of benzene rings is 2. The fourth-order valence-electron chi connectivity index (χ4n) is 2.07. The lowest BCUT2D eigenvalue weighted by molar-refractivity contribution is 0.398. The van der Waals surface area contributed by atoms with Gasteiger partial charge in [-0.1, -0.05) is 42.0 Å². The zero-order valence-corrected chi connectivity index (χ0v) is 14.6. The Hall–Kier alpha value is -1.17. The molecule has 1 unspecified atom stereocenters. The van der Waals surface area contributed by atoms with Crippen molar-refractivity contribution in [3.05, 3.63) is 64.1 Å². The first-order chi connectivity index (χ1) is 9.84. The summed E-state index contributed by atoms with van der Waals surface area (Å²) in [5, 5.41) is 0. The quantitative estimate of drug-likeness (QED) is 0.814. The molecule has 0 radical (unpaired) electrons. The van der Waals surface area contributed by atoms with Crippen molar-refractivity contribution in [2.45, 2.75) is 24.8 Å². The summed E-state index contributed by atoms with van der Waals surface area (Å²) in [6.07, 6.45) is 0. The standard InChI is InChI=1S/C16H18BrNO2S/c1-12-8-10-14(11-9-12)13(2)18(3)21(19,20)16-7-5-4-6-15(16)17/h4-11,13H,1-3H3. The Morgan fingerprint density at radius 2 is 1.62 bits per heavy atom. The third-order valence-electron chi connectivity index (χ3n) is 3.60. The minimum Gasteiger partial charge on any atom is -0.207 e. The van der Waals surface area contributed by atoms with E-state index in [-0.39, 0.29) is 10.9 Å². The molecule has 2 aromatic carbocycles. The Morgan fingerprint density at radius 1 is 1.05 bits per heavy atom. The summed E-state index contributed by atoms with van der Waals surface area (Å²) in [4.78, 5) is 0.284. The molecule has 3 nitrogen and oxygen atoms in total. The smallest absolute Gasteiger partial charge is 0.207 e. The molecule has 0 bridgehead atoms. The molecule has 112 valence electrons. The summed E-state index contributed by atoms with van der Waals surface area (Å²) >= 11 is 3.31. The molecule has 1 atom stereocenters. The third kappa shape index (κ3) is 3.36. The Balaban J connectivity index is 2.36. The van der Waals surface area contributed by atoms with Crippen LogP contribution in [0.15, 0.2) is 57.9 Å². The van der Waals surface area contributed by atoms with Gasteiger partial charge in [0.05, 0.1) is 4.90 Å². The van der Waals surface area contributed by atoms with Crippen LogP contribution in [0.1, 0.15) is 24.1 Å². The molecule has 0 saturated heterocycles. The van der Waals surface area contributed by atoms with E-state index in [1.54, 1.807) is 31.3 Å². The molecule has 0 amide bonds. The van der Waals surface area contributed by atoms with Crippen LogP contribution in [0.5, 0.6) is 0 Å². The molecule has 0 aliphatic heterocycles. The molecular weight excluding hydrogens is 350 g/mol. The van der Waals surface area contributed by atoms with Gasteiger partial charge in [-0.3, -0.25) is 0 Å². The van der Waals surface area contributed by atoms with E-state index < -0.39 is 10.0 Å². The van der Waals surface area contributed by atoms with Crippen LogP contribution in [0, 0.1) is 6.92 Å². The predicted octanol–water partition coefficient (Wildman–Crippen LogP) is 4.14. The number of sulfonamides is 1. The maximum atomic E-state index is 12.7. The fraction of sp³-hybridized carbons (Fsp3) is 0.250. The highest BCUT2D eigenvalue weighted by Crippen LogP contribution is 2.29. The van der Waals surface area contributed by atoms with Crippen LogP contribution < -0.4 is 0 Å². The normalized spacial score (nSPS) is 13.4. The third-order valence-corrected chi connectivity index (χ3v) is 6.54. The lowest BCUT2D eigenvalue weighted by Crippen LogP contribution is -2.30. The van der Waals surface area contributed by atoms with Crippen LogP contribution in [-0.4, -0.2) is 19.8 Å². The minimum atomic E-state index is -3.54. The van der Waals surface area contributed by atoms with Crippen molar-refractivity contribution < 1.29 is 8.42 Å². The first-order valence-electron chi connectivity index (χ1n) is 6.63. The van der Waals surface area contributed by atoms with Gasteiger partial charge in [-0.2, -0.15) is 4.31 Å². The van der Waals surface area contributed by atoms with Crippen LogP contribution in [0.3, 0.4) is 0 Å². The lowest BCUT2D eigenvalue weighted by atomic mass is 10.1. The van der Waals surface area contributed by atoms with E-state index in [1.165, 1.54) is 4.31 Å². The number of hydrogen-bond acceptors (Lipinski definition) is 2. The summed E-state index contributed by atoms with van der Waals surface area (Å²) in [5.41, 5.74) is 2.13. The minimum absolute atomic E-state index is 0.234. The molecule has 2 aromatic rings. The van der Waals surface area contributed by atoms with E-state index in [2.05, 4.69) is 15.9 Å². The average molecular weight is 368 g/mol. The second-order valence-electron chi connectivity index (χ2n) is 5.04. The van der Waals surface area contributed by atoms with E-state index in [1.807, 2.05) is 38.1 Å². The summed E-state index contributed by atoms with van der Waals surface area (Å²) in [7, 11) is -1.93. The molecular formula is C16H18BrNO2S. The van der Waals surface area contributed by atoms with E-state index >= 15 is 0 Å². The maximum Gasteiger partial charge on any atom is 0.244 e. The molecule has 0 spiro atoms. The Morgan fingerprint density at radius 3 is 2.19 bits per heavy atom. The lowest BCUT2D eigenvalue weighted by Gasteiger charge is -2.25. The average Bonchev–Trinajstić information content (AvgIpc) is 2.46. The van der Waals surface area contributed by atoms with Gasteiger partial charge in [0.25, 0.3) is 0 Å². The topological polar surface area (TPSA) is 37.4 Å². The first-order valence-corrected chi connectivity index (χ1v) is 8.86. The van der Waals surface area contributed by atoms with Gasteiger partial charge in [0.15, 0.2) is 0 Å². The molecule has 0 aliphatic carbocycles. The van der Waals surface area contributed by atoms with Crippen molar-refractivity contribution in [2.75, 3.05) is 7.05 Å². The highest BCUT2D eigenvalue weighted by Gasteiger charge is 2.27. The van der Waals surface area contributed by atoms with Crippen molar-refractivity contribution in [3.8, 4) is 0 Å². The van der Waals surface area contributed by atoms with Gasteiger partial charge in [0, 0.05) is 17.6 Å². The zero-order valence-electron chi connectivity index (χ0n) is 12.2. The largest absolute Gasteiger partial charge is 0.244 e. The second-order valence-corrected chi connectivity index (χ2v) is 7.86. The summed E-state index contributed by atoms with van der Waals surface area (Å²) < 4.78 is 27.4. The van der Waals surface area contributed by atoms with Crippen molar-refractivity contribution in [3.63, 3.8) is 0 Å². The van der Waals surface area contributed by atoms with E-state index in [4.69, 9.17) is 0 Å². The monoisotopic (exact) mass is 367 g/mol. The van der Waals surface area contributed by atoms with E-state index in [0.29, 0.717) is 4.47 Å². The molecule has 2 rings (SSSR count). The Kier molecular flexibility index (Phi) is 4.86. The second kappa shape index (κ2) is 6.30. The zero-order chi connectivity index (χ0) is 15.6. The summed E-state index contributed by atoms with van der Waals surface area (Å²) in [5.74, 6) is 0. The molecule has 21 heavy (non-hydrogen) atoms. The van der Waals surface area contributed by atoms with Crippen molar-refractivity contribution in [1.82, 2.24) is 4.31 Å². The maximum absolute atomic E-state index is 12.7. The van der Waals surface area contributed by atoms with E-state index in [0.717, 1.165) is 11.1 Å². The van der Waals surface area contributed by atoms with Crippen LogP contribution in [0.4, 0.5) is 0 Å². The molecule has 0 heterocycles. The van der Waals surface area contributed by atoms with Crippen molar-refractivity contribution in [2.24, 2.45) is 0 Å². The van der Waals surface area contributed by atoms with Crippen molar-refractivity contribution >= 4 is 26.0 Å². The van der Waals surface area contributed by atoms with Gasteiger partial charge in [0.2, 0.25) is 10.0 Å². The van der Waals surface area contributed by atoms with E-state index in [9.17, 15) is 8.42 Å². The van der Waals surface area contributed by atoms with Gasteiger partial charge < -0.3 is 0 Å². The first kappa shape index (κ1) is 16.2. The van der Waals surface area contributed by atoms with Gasteiger partial charge in [-0.05, 0) is 47.5 Å². The number of aryl methyl sites for hydroxylation is 1. The number of nitrogens with zero attached hydrogens (tertiary/aromatic N) is 1. The van der Waals surface area contributed by atoms with Crippen LogP contribution in [-0.2, 0) is 10.0 Å². The molecule has 0 saturated carbocycles. The SMILES string of the molecule is Cc1ccc(C(C)N(C)S(=O)(=O)c2ccccc2Br)cc1. The molecule has 5 heteroatoms. The van der Waals surface area contributed by atoms with Gasteiger partial charge in [0.1, 0.15) is 0 Å². The molecule has 0 aliphatic rings. The molecule has 0 aromatic heterocycles. The van der Waals surface area contributed by atoms with Crippen LogP contribution in [0.2, 0.25) is 0 Å². The van der Waals surface area contributed by atoms with Crippen LogP contribution >= 0.6 is 15.9 Å². The van der Waals surface area contributed by atoms with Gasteiger partial charge in [-0.25, -0.2) is 8.42 Å². The van der Waals surface area contributed by atoms with Gasteiger partial charge >= 0.3 is 0 Å². The number of rotatable bonds is 4. The van der Waals surface area contributed by atoms with Crippen molar-refractivity contribution in [1.29, 1.82) is 0 Å². The molecule has 0 N–H and O–H groups in total. The molecule has 0 fully saturated rings. The van der Waals surface area contributed by atoms with Crippen LogP contribution in [0.25, 0.3) is 0 Å². The highest BCUT2D eigenvalue weighted by atomic mass is 79.9. The number of hydrogen-bond donors (Lipinski definition) is 0. The summed E-state index contributed by atoms with van der Waals surface area (Å²) in [6.45, 7) is 3.90. The highest BCUT2D eigenvalue weighted by molar-refractivity contribution is 9.10. The fourth-order valence-corrected chi connectivity index (χ4v) is 4.38. The Labute approximate surface area is 134 Å². The summed E-state index contributed by atoms with van der Waals surface area (Å²) in [6, 6.07) is 14.5. The Bertz CT molecular complexity index is 726. The number of halogens is 1. The van der Waals surface area contributed by atoms with Gasteiger partial charge in [-0.15, -0.1) is 0 Å². The predicted molar refractivity (Wildman–Crippen MR) is 88.7 cm³/mol.